The first-order valence-electron chi connectivity index (χ1n) is 9.41. The van der Waals surface area contributed by atoms with Crippen molar-refractivity contribution in [2.75, 3.05) is 23.7 Å². The van der Waals surface area contributed by atoms with Crippen molar-refractivity contribution >= 4 is 40.7 Å². The molecule has 162 valence electrons. The Bertz CT molecular complexity index is 1250. The average molecular weight is 471 g/mol. The van der Waals surface area contributed by atoms with E-state index in [-0.39, 0.29) is 5.69 Å². The van der Waals surface area contributed by atoms with Gasteiger partial charge in [0.1, 0.15) is 12.0 Å². The molecular weight excluding hydrogens is 455 g/mol. The summed E-state index contributed by atoms with van der Waals surface area (Å²) in [6, 6.07) is 9.98. The lowest BCUT2D eigenvalue weighted by atomic mass is 10.0. The third-order valence-corrected chi connectivity index (χ3v) is 4.99. The molecule has 12 heteroatoms. The Balaban J connectivity index is 1.41. The molecule has 0 atom stereocenters. The standard InChI is InChI=1S/C20H16Cl2N8O2/c21-12-1-3-14(16(22)9-12)15-11-27-29-19(15)17-5-6-24-20(28-17)25-8-7-23-18-4-2-13(10-26-18)30(31)32/h1-6,9-11H,7-8H2,(H,23,26)(H,27,29)(H,24,25,28). The first kappa shape index (κ1) is 21.5. The molecule has 0 fully saturated rings. The molecule has 4 rings (SSSR count). The molecule has 0 radical (unpaired) electrons. The lowest BCUT2D eigenvalue weighted by Crippen LogP contribution is -2.15. The number of anilines is 2. The van der Waals surface area contributed by atoms with E-state index in [1.807, 2.05) is 6.07 Å². The zero-order valence-electron chi connectivity index (χ0n) is 16.4. The van der Waals surface area contributed by atoms with Gasteiger partial charge in [0.2, 0.25) is 5.95 Å². The molecule has 0 saturated carbocycles. The summed E-state index contributed by atoms with van der Waals surface area (Å²) in [4.78, 5) is 23.0. The van der Waals surface area contributed by atoms with E-state index in [1.54, 1.807) is 36.7 Å². The number of pyridine rings is 1. The van der Waals surface area contributed by atoms with Gasteiger partial charge in [0.25, 0.3) is 5.69 Å². The average Bonchev–Trinajstić information content (AvgIpc) is 3.27. The largest absolute Gasteiger partial charge is 0.368 e. The second-order valence-corrected chi connectivity index (χ2v) is 7.40. The van der Waals surface area contributed by atoms with Crippen molar-refractivity contribution in [3.63, 3.8) is 0 Å². The lowest BCUT2D eigenvalue weighted by Gasteiger charge is -2.09. The summed E-state index contributed by atoms with van der Waals surface area (Å²) in [6.07, 6.45) is 4.53. The van der Waals surface area contributed by atoms with Gasteiger partial charge in [-0.25, -0.2) is 15.0 Å². The van der Waals surface area contributed by atoms with E-state index in [0.717, 1.165) is 11.1 Å². The Hall–Kier alpha value is -3.76. The fourth-order valence-electron chi connectivity index (χ4n) is 2.94. The number of nitrogens with zero attached hydrogens (tertiary/aromatic N) is 5. The maximum absolute atomic E-state index is 10.7. The smallest absolute Gasteiger partial charge is 0.287 e. The number of hydrogen-bond acceptors (Lipinski definition) is 8. The molecule has 3 aromatic heterocycles. The van der Waals surface area contributed by atoms with Crippen molar-refractivity contribution < 1.29 is 4.92 Å². The SMILES string of the molecule is O=[N+]([O-])c1ccc(NCCNc2nccc(-c3[nH]ncc3-c3ccc(Cl)cc3Cl)n2)nc1. The van der Waals surface area contributed by atoms with Crippen LogP contribution in [0, 0.1) is 10.1 Å². The summed E-state index contributed by atoms with van der Waals surface area (Å²) in [5.41, 5.74) is 2.87. The van der Waals surface area contributed by atoms with Gasteiger partial charge >= 0.3 is 0 Å². The van der Waals surface area contributed by atoms with Gasteiger partial charge in [0.15, 0.2) is 0 Å². The van der Waals surface area contributed by atoms with Crippen LogP contribution >= 0.6 is 23.2 Å². The van der Waals surface area contributed by atoms with Crippen LogP contribution in [0.2, 0.25) is 10.0 Å². The van der Waals surface area contributed by atoms with E-state index in [2.05, 4.69) is 35.8 Å². The number of H-pyrrole nitrogens is 1. The topological polar surface area (TPSA) is 135 Å². The molecule has 1 aromatic carbocycles. The molecular formula is C20H16Cl2N8O2. The van der Waals surface area contributed by atoms with Crippen LogP contribution in [0.5, 0.6) is 0 Å². The van der Waals surface area contributed by atoms with Crippen molar-refractivity contribution in [3.05, 3.63) is 75.1 Å². The Morgan fingerprint density at radius 2 is 1.84 bits per heavy atom. The van der Waals surface area contributed by atoms with Crippen molar-refractivity contribution in [1.29, 1.82) is 0 Å². The van der Waals surface area contributed by atoms with Crippen LogP contribution < -0.4 is 10.6 Å². The highest BCUT2D eigenvalue weighted by Crippen LogP contribution is 2.35. The van der Waals surface area contributed by atoms with E-state index in [9.17, 15) is 10.1 Å². The summed E-state index contributed by atoms with van der Waals surface area (Å²) >= 11 is 12.4. The molecule has 0 aliphatic carbocycles. The van der Waals surface area contributed by atoms with Gasteiger partial charge < -0.3 is 10.6 Å². The van der Waals surface area contributed by atoms with E-state index < -0.39 is 4.92 Å². The Kier molecular flexibility index (Phi) is 6.43. The van der Waals surface area contributed by atoms with Gasteiger partial charge in [-0.2, -0.15) is 5.10 Å². The monoisotopic (exact) mass is 470 g/mol. The molecule has 10 nitrogen and oxygen atoms in total. The molecule has 3 heterocycles. The van der Waals surface area contributed by atoms with Crippen LogP contribution in [0.15, 0.2) is 55.0 Å². The van der Waals surface area contributed by atoms with Crippen LogP contribution in [0.4, 0.5) is 17.5 Å². The Morgan fingerprint density at radius 1 is 1.00 bits per heavy atom. The highest BCUT2D eigenvalue weighted by molar-refractivity contribution is 6.36. The van der Waals surface area contributed by atoms with Gasteiger partial charge in [-0.05, 0) is 24.3 Å². The predicted molar refractivity (Wildman–Crippen MR) is 123 cm³/mol. The molecule has 32 heavy (non-hydrogen) atoms. The second kappa shape index (κ2) is 9.58. The highest BCUT2D eigenvalue weighted by atomic mass is 35.5. The minimum Gasteiger partial charge on any atom is -0.368 e. The molecule has 0 spiro atoms. The van der Waals surface area contributed by atoms with E-state index in [0.29, 0.717) is 46.3 Å². The minimum atomic E-state index is -0.491. The zero-order valence-corrected chi connectivity index (χ0v) is 17.9. The fraction of sp³-hybridized carbons (Fsp3) is 0.100. The van der Waals surface area contributed by atoms with Crippen molar-refractivity contribution in [3.8, 4) is 22.5 Å². The minimum absolute atomic E-state index is 0.0584. The van der Waals surface area contributed by atoms with Crippen LogP contribution in [0.25, 0.3) is 22.5 Å². The molecule has 0 unspecified atom stereocenters. The van der Waals surface area contributed by atoms with E-state index in [1.165, 1.54) is 12.3 Å². The van der Waals surface area contributed by atoms with Gasteiger partial charge in [-0.15, -0.1) is 0 Å². The first-order valence-corrected chi connectivity index (χ1v) is 10.2. The normalized spacial score (nSPS) is 10.7. The highest BCUT2D eigenvalue weighted by Gasteiger charge is 2.15. The first-order chi connectivity index (χ1) is 15.5. The second-order valence-electron chi connectivity index (χ2n) is 6.56. The molecule has 3 N–H and O–H groups in total. The number of nitrogens with one attached hydrogen (secondary N) is 3. The summed E-state index contributed by atoms with van der Waals surface area (Å²) in [7, 11) is 0. The van der Waals surface area contributed by atoms with Crippen LogP contribution in [-0.2, 0) is 0 Å². The van der Waals surface area contributed by atoms with Gasteiger partial charge in [-0.3, -0.25) is 15.2 Å². The van der Waals surface area contributed by atoms with Crippen LogP contribution in [0.3, 0.4) is 0 Å². The number of halogens is 2. The predicted octanol–water partition coefficient (Wildman–Crippen LogP) is 4.67. The van der Waals surface area contributed by atoms with Gasteiger partial charge in [0.05, 0.1) is 27.5 Å². The zero-order chi connectivity index (χ0) is 22.5. The lowest BCUT2D eigenvalue weighted by molar-refractivity contribution is -0.385. The van der Waals surface area contributed by atoms with Gasteiger partial charge in [-0.1, -0.05) is 29.3 Å². The molecule has 0 saturated heterocycles. The third-order valence-electron chi connectivity index (χ3n) is 4.45. The van der Waals surface area contributed by atoms with Crippen LogP contribution in [0.1, 0.15) is 0 Å². The Labute approximate surface area is 192 Å². The molecule has 4 aromatic rings. The van der Waals surface area contributed by atoms with Crippen molar-refractivity contribution in [1.82, 2.24) is 25.1 Å². The van der Waals surface area contributed by atoms with E-state index in [4.69, 9.17) is 23.2 Å². The number of rotatable bonds is 8. The Morgan fingerprint density at radius 3 is 2.59 bits per heavy atom. The number of benzene rings is 1. The summed E-state index contributed by atoms with van der Waals surface area (Å²) in [5.74, 6) is 0.970. The number of aromatic nitrogens is 5. The quantitative estimate of drug-likeness (QED) is 0.192. The molecule has 0 amide bonds. The molecule has 0 aliphatic rings. The molecule has 0 aliphatic heterocycles. The summed E-state index contributed by atoms with van der Waals surface area (Å²) < 4.78 is 0. The summed E-state index contributed by atoms with van der Waals surface area (Å²) in [6.45, 7) is 1.01. The fourth-order valence-corrected chi connectivity index (χ4v) is 3.45. The van der Waals surface area contributed by atoms with Gasteiger partial charge in [0, 0.05) is 41.5 Å². The van der Waals surface area contributed by atoms with Crippen LogP contribution in [-0.4, -0.2) is 43.2 Å². The summed E-state index contributed by atoms with van der Waals surface area (Å²) in [5, 5.41) is 25.0. The third kappa shape index (κ3) is 4.93. The number of nitro groups is 1. The maximum atomic E-state index is 10.7. The van der Waals surface area contributed by atoms with E-state index >= 15 is 0 Å². The maximum Gasteiger partial charge on any atom is 0.287 e. The number of aromatic amines is 1. The molecule has 0 bridgehead atoms. The van der Waals surface area contributed by atoms with Crippen molar-refractivity contribution in [2.45, 2.75) is 0 Å². The van der Waals surface area contributed by atoms with Crippen molar-refractivity contribution in [2.24, 2.45) is 0 Å². The number of hydrogen-bond donors (Lipinski definition) is 3.